The van der Waals surface area contributed by atoms with E-state index in [4.69, 9.17) is 4.42 Å². The molecular weight excluding hydrogens is 453 g/mol. The summed E-state index contributed by atoms with van der Waals surface area (Å²) >= 11 is 1.10. The first-order valence-corrected chi connectivity index (χ1v) is 11.7. The lowest BCUT2D eigenvalue weighted by molar-refractivity contribution is -0.117. The Labute approximate surface area is 201 Å². The average Bonchev–Trinajstić information content (AvgIpc) is 3.48. The topological polar surface area (TPSA) is 86.3 Å². The number of halogens is 1. The number of aryl methyl sites for hydroxylation is 1. The van der Waals surface area contributed by atoms with Gasteiger partial charge in [-0.2, -0.15) is 5.26 Å². The fourth-order valence-electron chi connectivity index (χ4n) is 3.64. The Morgan fingerprint density at radius 1 is 1.18 bits per heavy atom. The van der Waals surface area contributed by atoms with Crippen LogP contribution >= 0.6 is 11.8 Å². The summed E-state index contributed by atoms with van der Waals surface area (Å²) in [5, 5.41) is 12.1. The number of hydrogen-bond donors (Lipinski definition) is 1. The number of carbonyl (C=O) groups is 2. The quantitative estimate of drug-likeness (QED) is 0.395. The summed E-state index contributed by atoms with van der Waals surface area (Å²) in [5.41, 5.74) is 1.86. The van der Waals surface area contributed by atoms with E-state index >= 15 is 0 Å². The lowest BCUT2D eigenvalue weighted by Crippen LogP contribution is -2.32. The van der Waals surface area contributed by atoms with E-state index in [1.807, 2.05) is 25.1 Å². The normalized spacial score (nSPS) is 16.9. The predicted octanol–water partition coefficient (Wildman–Crippen LogP) is 4.72. The first-order valence-electron chi connectivity index (χ1n) is 10.8. The Kier molecular flexibility index (Phi) is 7.14. The van der Waals surface area contributed by atoms with Crippen molar-refractivity contribution in [1.82, 2.24) is 5.32 Å². The molecule has 172 valence electrons. The summed E-state index contributed by atoms with van der Waals surface area (Å²) < 4.78 is 19.5. The van der Waals surface area contributed by atoms with Crippen LogP contribution in [0.4, 0.5) is 10.1 Å². The summed E-state index contributed by atoms with van der Waals surface area (Å²) in [6, 6.07) is 19.0. The number of nitrogens with one attached hydrogen (secondary N) is 1. The Bertz CT molecular complexity index is 1260. The van der Waals surface area contributed by atoms with Crippen molar-refractivity contribution >= 4 is 29.3 Å². The van der Waals surface area contributed by atoms with E-state index < -0.39 is 17.0 Å². The van der Waals surface area contributed by atoms with Crippen molar-refractivity contribution < 1.29 is 18.4 Å². The number of amides is 2. The summed E-state index contributed by atoms with van der Waals surface area (Å²) in [6.45, 7) is 2.13. The summed E-state index contributed by atoms with van der Waals surface area (Å²) in [7, 11) is 0. The molecule has 3 aromatic rings. The van der Waals surface area contributed by atoms with Gasteiger partial charge in [-0.1, -0.05) is 49.0 Å². The van der Waals surface area contributed by atoms with Crippen LogP contribution in [0.2, 0.25) is 0 Å². The molecule has 0 spiro atoms. The van der Waals surface area contributed by atoms with Crippen LogP contribution in [0.5, 0.6) is 0 Å². The third-order valence-electron chi connectivity index (χ3n) is 5.47. The van der Waals surface area contributed by atoms with Gasteiger partial charge in [0.2, 0.25) is 5.91 Å². The minimum absolute atomic E-state index is 0.104. The maximum absolute atomic E-state index is 14.3. The van der Waals surface area contributed by atoms with Crippen molar-refractivity contribution in [1.29, 1.82) is 5.26 Å². The van der Waals surface area contributed by atoms with Gasteiger partial charge in [0, 0.05) is 5.69 Å². The number of benzene rings is 2. The van der Waals surface area contributed by atoms with Crippen LogP contribution in [0.25, 0.3) is 0 Å². The highest BCUT2D eigenvalue weighted by atomic mass is 32.2. The second-order valence-corrected chi connectivity index (χ2v) is 8.84. The number of nitriles is 1. The zero-order valence-electron chi connectivity index (χ0n) is 18.5. The molecule has 6 nitrogen and oxygen atoms in total. The number of hydrogen-bond acceptors (Lipinski definition) is 5. The summed E-state index contributed by atoms with van der Waals surface area (Å²) in [5.74, 6) is -0.783. The highest BCUT2D eigenvalue weighted by molar-refractivity contribution is 8.05. The lowest BCUT2D eigenvalue weighted by atomic mass is 10.1. The van der Waals surface area contributed by atoms with Crippen molar-refractivity contribution in [3.63, 3.8) is 0 Å². The zero-order chi connectivity index (χ0) is 24.1. The molecule has 1 fully saturated rings. The number of anilines is 1. The maximum atomic E-state index is 14.3. The van der Waals surface area contributed by atoms with Crippen LogP contribution < -0.4 is 10.2 Å². The Hall–Kier alpha value is -3.83. The van der Waals surface area contributed by atoms with E-state index in [1.54, 1.807) is 42.5 Å². The third-order valence-corrected chi connectivity index (χ3v) is 6.74. The molecule has 1 aliphatic heterocycles. The molecule has 1 unspecified atom stereocenters. The van der Waals surface area contributed by atoms with Crippen molar-refractivity contribution in [2.45, 2.75) is 31.6 Å². The van der Waals surface area contributed by atoms with E-state index in [-0.39, 0.29) is 29.5 Å². The van der Waals surface area contributed by atoms with Crippen LogP contribution in [-0.4, -0.2) is 17.1 Å². The third kappa shape index (κ3) is 4.90. The number of nitrogens with zero attached hydrogens (tertiary/aromatic N) is 2. The molecule has 1 atom stereocenters. The second-order valence-electron chi connectivity index (χ2n) is 7.65. The molecule has 8 heteroatoms. The van der Waals surface area contributed by atoms with Gasteiger partial charge in [0.15, 0.2) is 0 Å². The van der Waals surface area contributed by atoms with E-state index in [0.29, 0.717) is 17.0 Å². The minimum Gasteiger partial charge on any atom is -0.467 e. The monoisotopic (exact) mass is 475 g/mol. The van der Waals surface area contributed by atoms with Gasteiger partial charge in [0.1, 0.15) is 28.2 Å². The molecule has 1 saturated heterocycles. The molecule has 4 rings (SSSR count). The fraction of sp³-hybridized carbons (Fsp3) is 0.192. The van der Waals surface area contributed by atoms with Gasteiger partial charge in [-0.05, 0) is 54.3 Å². The molecule has 0 radical (unpaired) electrons. The predicted molar refractivity (Wildman–Crippen MR) is 128 cm³/mol. The van der Waals surface area contributed by atoms with Gasteiger partial charge in [-0.3, -0.25) is 14.5 Å². The van der Waals surface area contributed by atoms with Gasteiger partial charge in [-0.15, -0.1) is 0 Å². The summed E-state index contributed by atoms with van der Waals surface area (Å²) in [6.07, 6.45) is 2.46. The van der Waals surface area contributed by atoms with Crippen molar-refractivity contribution in [3.8, 4) is 6.07 Å². The standard InChI is InChI=1S/C26H22FN3O3S/c1-2-17-9-11-19(12-10-17)30-25(32)23(14-18-6-3-4-8-22(18)27)34-26(30)21(15-28)24(31)29-16-20-7-5-13-33-20/h3-13,23H,2,14,16H2,1H3,(H,29,31)/b26-21-. The van der Waals surface area contributed by atoms with Crippen molar-refractivity contribution in [3.05, 3.63) is 100 Å². The highest BCUT2D eigenvalue weighted by Gasteiger charge is 2.41. The average molecular weight is 476 g/mol. The van der Waals surface area contributed by atoms with E-state index in [1.165, 1.54) is 17.2 Å². The van der Waals surface area contributed by atoms with Crippen LogP contribution in [-0.2, 0) is 29.0 Å². The van der Waals surface area contributed by atoms with Crippen LogP contribution in [0.1, 0.15) is 23.8 Å². The lowest BCUT2D eigenvalue weighted by Gasteiger charge is -2.19. The van der Waals surface area contributed by atoms with Gasteiger partial charge in [-0.25, -0.2) is 4.39 Å². The first-order chi connectivity index (χ1) is 16.5. The molecule has 34 heavy (non-hydrogen) atoms. The van der Waals surface area contributed by atoms with Gasteiger partial charge in [0.25, 0.3) is 5.91 Å². The van der Waals surface area contributed by atoms with Crippen molar-refractivity contribution in [2.24, 2.45) is 0 Å². The van der Waals surface area contributed by atoms with Crippen LogP contribution in [0, 0.1) is 17.1 Å². The number of furan rings is 1. The molecule has 0 aliphatic carbocycles. The Morgan fingerprint density at radius 3 is 2.59 bits per heavy atom. The van der Waals surface area contributed by atoms with Gasteiger partial charge >= 0.3 is 0 Å². The van der Waals surface area contributed by atoms with E-state index in [2.05, 4.69) is 5.32 Å². The Balaban J connectivity index is 1.69. The molecule has 2 amide bonds. The fourth-order valence-corrected chi connectivity index (χ4v) is 4.93. The first kappa shape index (κ1) is 23.3. The SMILES string of the molecule is CCc1ccc(N2C(=O)C(Cc3ccccc3F)S/C2=C(/C#N)C(=O)NCc2ccco2)cc1. The molecular formula is C26H22FN3O3S. The molecule has 0 bridgehead atoms. The van der Waals surface area contributed by atoms with E-state index in [0.717, 1.165) is 23.7 Å². The highest BCUT2D eigenvalue weighted by Crippen LogP contribution is 2.42. The minimum atomic E-state index is -0.682. The zero-order valence-corrected chi connectivity index (χ0v) is 19.3. The molecule has 1 aromatic heterocycles. The maximum Gasteiger partial charge on any atom is 0.265 e. The van der Waals surface area contributed by atoms with Crippen LogP contribution in [0.3, 0.4) is 0 Å². The Morgan fingerprint density at radius 2 is 1.94 bits per heavy atom. The summed E-state index contributed by atoms with van der Waals surface area (Å²) in [4.78, 5) is 27.8. The largest absolute Gasteiger partial charge is 0.467 e. The van der Waals surface area contributed by atoms with Crippen LogP contribution in [0.15, 0.2) is 81.9 Å². The number of carbonyl (C=O) groups excluding carboxylic acids is 2. The van der Waals surface area contributed by atoms with Crippen molar-refractivity contribution in [2.75, 3.05) is 4.90 Å². The second kappa shape index (κ2) is 10.4. The smallest absolute Gasteiger partial charge is 0.265 e. The molecule has 1 aliphatic rings. The molecule has 2 aromatic carbocycles. The molecule has 1 N–H and O–H groups in total. The molecule has 0 saturated carbocycles. The van der Waals surface area contributed by atoms with Gasteiger partial charge in [0.05, 0.1) is 18.1 Å². The van der Waals surface area contributed by atoms with Gasteiger partial charge < -0.3 is 9.73 Å². The number of rotatable bonds is 7. The van der Waals surface area contributed by atoms with E-state index in [9.17, 15) is 19.2 Å². The molecule has 2 heterocycles. The number of thioether (sulfide) groups is 1.